The number of hydrogen-bond donors (Lipinski definition) is 1. The number of carbonyl (C=O) groups excluding carboxylic acids is 2. The van der Waals surface area contributed by atoms with E-state index in [4.69, 9.17) is 16.3 Å². The number of rotatable bonds is 7. The molecule has 5 nitrogen and oxygen atoms in total. The van der Waals surface area contributed by atoms with E-state index in [9.17, 15) is 14.0 Å². The molecule has 2 aromatic carbocycles. The summed E-state index contributed by atoms with van der Waals surface area (Å²) in [5, 5.41) is 2.66. The fourth-order valence-electron chi connectivity index (χ4n) is 2.48. The normalized spacial score (nSPS) is 10.3. The Kier molecular flexibility index (Phi) is 6.97. The molecule has 0 spiro atoms. The van der Waals surface area contributed by atoms with E-state index in [1.165, 1.54) is 24.0 Å². The number of methoxy groups -OCH3 is 1. The molecule has 0 atom stereocenters. The van der Waals surface area contributed by atoms with E-state index in [1.54, 1.807) is 7.11 Å². The van der Waals surface area contributed by atoms with Crippen molar-refractivity contribution < 1.29 is 18.7 Å². The maximum absolute atomic E-state index is 13.3. The maximum atomic E-state index is 13.3. The molecule has 138 valence electrons. The zero-order valence-electron chi connectivity index (χ0n) is 14.6. The van der Waals surface area contributed by atoms with Gasteiger partial charge in [0.15, 0.2) is 0 Å². The average Bonchev–Trinajstić information content (AvgIpc) is 2.62. The minimum absolute atomic E-state index is 0.106. The fourth-order valence-corrected chi connectivity index (χ4v) is 2.66. The maximum Gasteiger partial charge on any atom is 0.240 e. The first-order valence-corrected chi connectivity index (χ1v) is 8.42. The number of hydrogen-bond acceptors (Lipinski definition) is 3. The van der Waals surface area contributed by atoms with E-state index in [2.05, 4.69) is 5.32 Å². The van der Waals surface area contributed by atoms with E-state index in [0.717, 1.165) is 17.4 Å². The van der Waals surface area contributed by atoms with Crippen molar-refractivity contribution in [2.24, 2.45) is 0 Å². The molecule has 26 heavy (non-hydrogen) atoms. The van der Waals surface area contributed by atoms with Gasteiger partial charge < -0.3 is 15.0 Å². The number of amides is 2. The van der Waals surface area contributed by atoms with Crippen LogP contribution in [-0.4, -0.2) is 32.0 Å². The SMILES string of the molecule is COc1ccccc1CCNC(=O)CN(C(C)=O)c1ccc(F)c(Cl)c1. The molecular weight excluding hydrogens is 359 g/mol. The lowest BCUT2D eigenvalue weighted by Crippen LogP contribution is -2.40. The van der Waals surface area contributed by atoms with Crippen LogP contribution in [0.4, 0.5) is 10.1 Å². The first-order valence-electron chi connectivity index (χ1n) is 8.04. The second-order valence-electron chi connectivity index (χ2n) is 5.62. The second-order valence-corrected chi connectivity index (χ2v) is 6.02. The van der Waals surface area contributed by atoms with Gasteiger partial charge in [0, 0.05) is 19.2 Å². The van der Waals surface area contributed by atoms with Gasteiger partial charge in [-0.25, -0.2) is 4.39 Å². The third-order valence-electron chi connectivity index (χ3n) is 3.81. The minimum atomic E-state index is -0.583. The molecule has 1 N–H and O–H groups in total. The van der Waals surface area contributed by atoms with Crippen molar-refractivity contribution in [3.05, 3.63) is 58.9 Å². The van der Waals surface area contributed by atoms with Crippen LogP contribution in [0.2, 0.25) is 5.02 Å². The van der Waals surface area contributed by atoms with Crippen LogP contribution in [0.15, 0.2) is 42.5 Å². The van der Waals surface area contributed by atoms with Gasteiger partial charge in [-0.3, -0.25) is 9.59 Å². The molecule has 0 saturated heterocycles. The molecule has 0 aliphatic carbocycles. The Hall–Kier alpha value is -2.60. The van der Waals surface area contributed by atoms with Gasteiger partial charge in [-0.15, -0.1) is 0 Å². The lowest BCUT2D eigenvalue weighted by Gasteiger charge is -2.21. The number of ether oxygens (including phenoxy) is 1. The van der Waals surface area contributed by atoms with Gasteiger partial charge in [0.2, 0.25) is 11.8 Å². The van der Waals surface area contributed by atoms with Crippen molar-refractivity contribution >= 4 is 29.1 Å². The van der Waals surface area contributed by atoms with Gasteiger partial charge in [-0.1, -0.05) is 29.8 Å². The summed E-state index contributed by atoms with van der Waals surface area (Å²) in [6.45, 7) is 1.55. The smallest absolute Gasteiger partial charge is 0.240 e. The van der Waals surface area contributed by atoms with Crippen molar-refractivity contribution in [1.29, 1.82) is 0 Å². The highest BCUT2D eigenvalue weighted by atomic mass is 35.5. The Bertz CT molecular complexity index is 798. The van der Waals surface area contributed by atoms with Crippen molar-refractivity contribution in [2.45, 2.75) is 13.3 Å². The summed E-state index contributed by atoms with van der Waals surface area (Å²) in [5.41, 5.74) is 1.34. The molecule has 0 fully saturated rings. The van der Waals surface area contributed by atoms with Gasteiger partial charge >= 0.3 is 0 Å². The number of nitrogens with zero attached hydrogens (tertiary/aromatic N) is 1. The van der Waals surface area contributed by atoms with Crippen LogP contribution >= 0.6 is 11.6 Å². The van der Waals surface area contributed by atoms with Crippen LogP contribution in [0.1, 0.15) is 12.5 Å². The fraction of sp³-hybridized carbons (Fsp3) is 0.263. The van der Waals surface area contributed by atoms with Crippen molar-refractivity contribution in [1.82, 2.24) is 5.32 Å². The Labute approximate surface area is 156 Å². The van der Waals surface area contributed by atoms with Crippen LogP contribution in [0.25, 0.3) is 0 Å². The zero-order valence-corrected chi connectivity index (χ0v) is 15.3. The monoisotopic (exact) mass is 378 g/mol. The molecule has 0 aromatic heterocycles. The Balaban J connectivity index is 1.95. The van der Waals surface area contributed by atoms with Crippen LogP contribution in [-0.2, 0) is 16.0 Å². The summed E-state index contributed by atoms with van der Waals surface area (Å²) in [5.74, 6) is -0.489. The number of carbonyl (C=O) groups is 2. The highest BCUT2D eigenvalue weighted by molar-refractivity contribution is 6.31. The summed E-state index contributed by atoms with van der Waals surface area (Å²) < 4.78 is 18.6. The van der Waals surface area contributed by atoms with Gasteiger partial charge in [-0.05, 0) is 36.2 Å². The van der Waals surface area contributed by atoms with Crippen LogP contribution in [0.3, 0.4) is 0 Å². The Morgan fingerprint density at radius 2 is 1.96 bits per heavy atom. The minimum Gasteiger partial charge on any atom is -0.496 e. The molecule has 0 unspecified atom stereocenters. The highest BCUT2D eigenvalue weighted by Crippen LogP contribution is 2.22. The molecule has 0 aliphatic rings. The summed E-state index contributed by atoms with van der Waals surface area (Å²) in [4.78, 5) is 25.3. The second kappa shape index (κ2) is 9.20. The van der Waals surface area contributed by atoms with Crippen LogP contribution in [0.5, 0.6) is 5.75 Å². The Morgan fingerprint density at radius 3 is 2.62 bits per heavy atom. The van der Waals surface area contributed by atoms with Crippen LogP contribution in [0, 0.1) is 5.82 Å². The molecule has 0 aliphatic heterocycles. The molecule has 2 amide bonds. The van der Waals surface area contributed by atoms with Gasteiger partial charge in [-0.2, -0.15) is 0 Å². The standard InChI is InChI=1S/C19H20ClFN2O3/c1-13(24)23(15-7-8-17(21)16(20)11-15)12-19(25)22-10-9-14-5-3-4-6-18(14)26-2/h3-8,11H,9-10,12H2,1-2H3,(H,22,25). The van der Waals surface area contributed by atoms with Crippen LogP contribution < -0.4 is 15.0 Å². The zero-order chi connectivity index (χ0) is 19.1. The number of anilines is 1. The molecule has 0 bridgehead atoms. The number of halogens is 2. The topological polar surface area (TPSA) is 58.6 Å². The van der Waals surface area contributed by atoms with E-state index >= 15 is 0 Å². The molecule has 2 aromatic rings. The van der Waals surface area contributed by atoms with Crippen molar-refractivity contribution in [2.75, 3.05) is 25.1 Å². The number of nitrogens with one attached hydrogen (secondary N) is 1. The summed E-state index contributed by atoms with van der Waals surface area (Å²) in [6.07, 6.45) is 0.595. The first kappa shape index (κ1) is 19.7. The summed E-state index contributed by atoms with van der Waals surface area (Å²) in [7, 11) is 1.59. The van der Waals surface area contributed by atoms with Crippen molar-refractivity contribution in [3.63, 3.8) is 0 Å². The third-order valence-corrected chi connectivity index (χ3v) is 4.10. The van der Waals surface area contributed by atoms with E-state index in [-0.39, 0.29) is 23.4 Å². The summed E-state index contributed by atoms with van der Waals surface area (Å²) >= 11 is 5.75. The van der Waals surface area contributed by atoms with Gasteiger partial charge in [0.25, 0.3) is 0 Å². The molecule has 7 heteroatoms. The lowest BCUT2D eigenvalue weighted by atomic mass is 10.1. The molecular formula is C19H20ClFN2O3. The third kappa shape index (κ3) is 5.20. The lowest BCUT2D eigenvalue weighted by molar-refractivity contribution is -0.123. The van der Waals surface area contributed by atoms with Gasteiger partial charge in [0.05, 0.1) is 12.1 Å². The van der Waals surface area contributed by atoms with Crippen molar-refractivity contribution in [3.8, 4) is 5.75 Å². The predicted octanol–water partition coefficient (Wildman–Crippen LogP) is 3.20. The highest BCUT2D eigenvalue weighted by Gasteiger charge is 2.17. The molecule has 0 saturated carbocycles. The first-order chi connectivity index (χ1) is 12.4. The molecule has 2 rings (SSSR count). The summed E-state index contributed by atoms with van der Waals surface area (Å²) in [6, 6.07) is 11.4. The van der Waals surface area contributed by atoms with Gasteiger partial charge in [0.1, 0.15) is 18.1 Å². The number of para-hydroxylation sites is 1. The predicted molar refractivity (Wildman–Crippen MR) is 99.1 cm³/mol. The van der Waals surface area contributed by atoms with E-state index < -0.39 is 5.82 Å². The van der Waals surface area contributed by atoms with E-state index in [1.807, 2.05) is 24.3 Å². The quantitative estimate of drug-likeness (QED) is 0.805. The molecule has 0 radical (unpaired) electrons. The van der Waals surface area contributed by atoms with E-state index in [0.29, 0.717) is 18.7 Å². The molecule has 0 heterocycles. The largest absolute Gasteiger partial charge is 0.496 e. The Morgan fingerprint density at radius 1 is 1.23 bits per heavy atom. The number of benzene rings is 2. The average molecular weight is 379 g/mol.